The number of hydrogen-bond acceptors (Lipinski definition) is 4. The quantitative estimate of drug-likeness (QED) is 0.868. The van der Waals surface area contributed by atoms with Gasteiger partial charge in [0.2, 0.25) is 0 Å². The van der Waals surface area contributed by atoms with Gasteiger partial charge in [-0.2, -0.15) is 0 Å². The van der Waals surface area contributed by atoms with Crippen molar-refractivity contribution in [2.24, 2.45) is 0 Å². The minimum Gasteiger partial charge on any atom is -0.490 e. The van der Waals surface area contributed by atoms with Crippen molar-refractivity contribution in [1.82, 2.24) is 5.32 Å². The van der Waals surface area contributed by atoms with Gasteiger partial charge in [0.1, 0.15) is 18.9 Å². The van der Waals surface area contributed by atoms with Gasteiger partial charge in [-0.3, -0.25) is 4.79 Å². The topological polar surface area (TPSA) is 61.8 Å². The van der Waals surface area contributed by atoms with E-state index in [0.717, 1.165) is 24.4 Å². The summed E-state index contributed by atoms with van der Waals surface area (Å²) < 4.78 is 5.60. The van der Waals surface area contributed by atoms with E-state index in [2.05, 4.69) is 26.1 Å². The summed E-state index contributed by atoms with van der Waals surface area (Å²) in [7, 11) is 0. The first-order valence-corrected chi connectivity index (χ1v) is 7.33. The number of benzene rings is 1. The van der Waals surface area contributed by atoms with E-state index in [1.807, 2.05) is 23.1 Å². The highest BCUT2D eigenvalue weighted by Gasteiger charge is 2.20. The van der Waals surface area contributed by atoms with Gasteiger partial charge in [0, 0.05) is 5.54 Å². The van der Waals surface area contributed by atoms with Gasteiger partial charge in [0.05, 0.1) is 12.2 Å². The molecule has 0 unspecified atom stereocenters. The van der Waals surface area contributed by atoms with E-state index < -0.39 is 5.97 Å². The number of carboxylic acids is 1. The molecule has 0 radical (unpaired) electrons. The Labute approximate surface area is 125 Å². The average molecular weight is 292 g/mol. The molecule has 0 spiro atoms. The molecule has 1 heterocycles. The summed E-state index contributed by atoms with van der Waals surface area (Å²) >= 11 is 0. The SMILES string of the molecule is CC(C)(C)NCCc1ccc2c(c1)N(CC(=O)O)CCO2. The van der Waals surface area contributed by atoms with Crippen molar-refractivity contribution >= 4 is 11.7 Å². The van der Waals surface area contributed by atoms with E-state index in [1.165, 1.54) is 5.56 Å². The number of nitrogens with zero attached hydrogens (tertiary/aromatic N) is 1. The van der Waals surface area contributed by atoms with E-state index >= 15 is 0 Å². The molecule has 21 heavy (non-hydrogen) atoms. The molecule has 5 heteroatoms. The third-order valence-corrected chi connectivity index (χ3v) is 3.38. The Kier molecular flexibility index (Phi) is 4.73. The lowest BCUT2D eigenvalue weighted by Gasteiger charge is -2.30. The van der Waals surface area contributed by atoms with Crippen LogP contribution in [-0.2, 0) is 11.2 Å². The van der Waals surface area contributed by atoms with E-state index in [9.17, 15) is 4.79 Å². The minimum absolute atomic E-state index is 0.0139. The molecule has 1 aliphatic heterocycles. The first-order valence-electron chi connectivity index (χ1n) is 7.33. The van der Waals surface area contributed by atoms with Gasteiger partial charge >= 0.3 is 5.97 Å². The van der Waals surface area contributed by atoms with Gasteiger partial charge in [-0.05, 0) is 51.4 Å². The standard InChI is InChI=1S/C16H24N2O3/c1-16(2,3)17-7-6-12-4-5-14-13(10-12)18(8-9-21-14)11-15(19)20/h4-5,10,17H,6-9,11H2,1-3H3,(H,19,20). The lowest BCUT2D eigenvalue weighted by atomic mass is 10.1. The molecule has 0 aromatic heterocycles. The lowest BCUT2D eigenvalue weighted by molar-refractivity contribution is -0.135. The fourth-order valence-electron chi connectivity index (χ4n) is 2.38. The molecular weight excluding hydrogens is 268 g/mol. The fourth-order valence-corrected chi connectivity index (χ4v) is 2.38. The highest BCUT2D eigenvalue weighted by atomic mass is 16.5. The van der Waals surface area contributed by atoms with Crippen molar-refractivity contribution < 1.29 is 14.6 Å². The molecule has 0 fully saturated rings. The van der Waals surface area contributed by atoms with Crippen molar-refractivity contribution in [2.75, 3.05) is 31.1 Å². The van der Waals surface area contributed by atoms with Crippen LogP contribution in [0.5, 0.6) is 5.75 Å². The van der Waals surface area contributed by atoms with Crippen LogP contribution in [0.3, 0.4) is 0 Å². The fraction of sp³-hybridized carbons (Fsp3) is 0.562. The zero-order valence-electron chi connectivity index (χ0n) is 13.0. The van der Waals surface area contributed by atoms with Crippen LogP contribution >= 0.6 is 0 Å². The summed E-state index contributed by atoms with van der Waals surface area (Å²) in [5.74, 6) is -0.0438. The van der Waals surface area contributed by atoms with Crippen molar-refractivity contribution in [3.63, 3.8) is 0 Å². The number of hydrogen-bond donors (Lipinski definition) is 2. The van der Waals surface area contributed by atoms with Crippen molar-refractivity contribution in [2.45, 2.75) is 32.7 Å². The van der Waals surface area contributed by atoms with Gasteiger partial charge < -0.3 is 20.1 Å². The summed E-state index contributed by atoms with van der Waals surface area (Å²) in [5, 5.41) is 12.5. The van der Waals surface area contributed by atoms with Crippen LogP contribution in [0.4, 0.5) is 5.69 Å². The number of aliphatic carboxylic acids is 1. The van der Waals surface area contributed by atoms with E-state index in [-0.39, 0.29) is 12.1 Å². The van der Waals surface area contributed by atoms with Gasteiger partial charge in [-0.1, -0.05) is 6.07 Å². The van der Waals surface area contributed by atoms with Crippen LogP contribution in [0.1, 0.15) is 26.3 Å². The molecule has 2 rings (SSSR count). The maximum Gasteiger partial charge on any atom is 0.323 e. The molecule has 0 saturated heterocycles. The van der Waals surface area contributed by atoms with Crippen LogP contribution in [-0.4, -0.2) is 42.9 Å². The second-order valence-corrected chi connectivity index (χ2v) is 6.39. The van der Waals surface area contributed by atoms with E-state index in [1.54, 1.807) is 0 Å². The first-order chi connectivity index (χ1) is 9.85. The smallest absolute Gasteiger partial charge is 0.323 e. The molecule has 0 aliphatic carbocycles. The van der Waals surface area contributed by atoms with Gasteiger partial charge in [-0.25, -0.2) is 0 Å². The van der Waals surface area contributed by atoms with Crippen LogP contribution in [0, 0.1) is 0 Å². The molecular formula is C16H24N2O3. The Balaban J connectivity index is 2.07. The molecule has 116 valence electrons. The minimum atomic E-state index is -0.817. The number of rotatable bonds is 5. The van der Waals surface area contributed by atoms with E-state index in [0.29, 0.717) is 13.2 Å². The van der Waals surface area contributed by atoms with Gasteiger partial charge in [0.25, 0.3) is 0 Å². The Bertz CT molecular complexity index is 509. The molecule has 0 amide bonds. The lowest BCUT2D eigenvalue weighted by Crippen LogP contribution is -2.37. The zero-order valence-corrected chi connectivity index (χ0v) is 13.0. The Morgan fingerprint density at radius 3 is 2.86 bits per heavy atom. The summed E-state index contributed by atoms with van der Waals surface area (Å²) in [5.41, 5.74) is 2.18. The predicted molar refractivity (Wildman–Crippen MR) is 83.2 cm³/mol. The largest absolute Gasteiger partial charge is 0.490 e. The number of ether oxygens (including phenoxy) is 1. The molecule has 5 nitrogen and oxygen atoms in total. The van der Waals surface area contributed by atoms with Gasteiger partial charge in [0.15, 0.2) is 0 Å². The Morgan fingerprint density at radius 2 is 2.19 bits per heavy atom. The zero-order chi connectivity index (χ0) is 15.5. The molecule has 0 bridgehead atoms. The normalized spacial score (nSPS) is 14.5. The maximum atomic E-state index is 11.0. The van der Waals surface area contributed by atoms with Crippen LogP contribution in [0.15, 0.2) is 18.2 Å². The second-order valence-electron chi connectivity index (χ2n) is 6.39. The molecule has 1 aromatic carbocycles. The molecule has 1 aliphatic rings. The summed E-state index contributed by atoms with van der Waals surface area (Å²) in [4.78, 5) is 12.8. The number of fused-ring (bicyclic) bond motifs is 1. The predicted octanol–water partition coefficient (Wildman–Crippen LogP) is 1.90. The first kappa shape index (κ1) is 15.6. The molecule has 1 aromatic rings. The summed E-state index contributed by atoms with van der Waals surface area (Å²) in [6, 6.07) is 6.03. The summed E-state index contributed by atoms with van der Waals surface area (Å²) in [6.45, 7) is 8.48. The summed E-state index contributed by atoms with van der Waals surface area (Å²) in [6.07, 6.45) is 0.908. The monoisotopic (exact) mass is 292 g/mol. The average Bonchev–Trinajstić information content (AvgIpc) is 2.37. The molecule has 0 atom stereocenters. The van der Waals surface area contributed by atoms with Crippen LogP contribution < -0.4 is 15.0 Å². The van der Waals surface area contributed by atoms with Crippen molar-refractivity contribution in [3.8, 4) is 5.75 Å². The Morgan fingerprint density at radius 1 is 1.43 bits per heavy atom. The third-order valence-electron chi connectivity index (χ3n) is 3.38. The van der Waals surface area contributed by atoms with Gasteiger partial charge in [-0.15, -0.1) is 0 Å². The number of carboxylic acid groups (broad SMARTS) is 1. The molecule has 2 N–H and O–H groups in total. The second kappa shape index (κ2) is 6.35. The molecule has 0 saturated carbocycles. The van der Waals surface area contributed by atoms with Crippen molar-refractivity contribution in [3.05, 3.63) is 23.8 Å². The number of anilines is 1. The van der Waals surface area contributed by atoms with Crippen LogP contribution in [0.2, 0.25) is 0 Å². The highest BCUT2D eigenvalue weighted by molar-refractivity contribution is 5.75. The maximum absolute atomic E-state index is 11.0. The third kappa shape index (κ3) is 4.63. The number of nitrogens with one attached hydrogen (secondary N) is 1. The Hall–Kier alpha value is -1.75. The van der Waals surface area contributed by atoms with E-state index in [4.69, 9.17) is 9.84 Å². The van der Waals surface area contributed by atoms with Crippen molar-refractivity contribution in [1.29, 1.82) is 0 Å². The number of carbonyl (C=O) groups is 1. The highest BCUT2D eigenvalue weighted by Crippen LogP contribution is 2.32. The van der Waals surface area contributed by atoms with Crippen LogP contribution in [0.25, 0.3) is 0 Å².